The number of hydrogen-bond acceptors (Lipinski definition) is 2. The predicted molar refractivity (Wildman–Crippen MR) is 86.0 cm³/mol. The van der Waals surface area contributed by atoms with Gasteiger partial charge in [0.25, 0.3) is 0 Å². The lowest BCUT2D eigenvalue weighted by molar-refractivity contribution is 0.112. The number of rotatable bonds is 3. The molecule has 3 heteroatoms. The fourth-order valence-corrected chi connectivity index (χ4v) is 2.66. The molecular formula is C18H17NO2. The number of allylic oxidation sites excluding steroid dienone is 2. The van der Waals surface area contributed by atoms with Gasteiger partial charge in [0.1, 0.15) is 5.75 Å². The molecular weight excluding hydrogens is 262 g/mol. The largest absolute Gasteiger partial charge is 0.505 e. The SMILES string of the molecule is CC(C)=CCc1c(C=O)cc2c([nH]c3ccccc32)c1O. The molecule has 106 valence electrons. The van der Waals surface area contributed by atoms with Crippen LogP contribution >= 0.6 is 0 Å². The first-order valence-corrected chi connectivity index (χ1v) is 6.95. The summed E-state index contributed by atoms with van der Waals surface area (Å²) in [4.78, 5) is 14.6. The first-order chi connectivity index (χ1) is 10.1. The minimum Gasteiger partial charge on any atom is -0.505 e. The quantitative estimate of drug-likeness (QED) is 0.553. The second-order valence-corrected chi connectivity index (χ2v) is 5.49. The van der Waals surface area contributed by atoms with Crippen molar-refractivity contribution < 1.29 is 9.90 Å². The Hall–Kier alpha value is -2.55. The van der Waals surface area contributed by atoms with E-state index in [9.17, 15) is 9.90 Å². The fraction of sp³-hybridized carbons (Fsp3) is 0.167. The molecule has 0 aliphatic rings. The van der Waals surface area contributed by atoms with Crippen LogP contribution in [-0.4, -0.2) is 16.4 Å². The molecule has 0 atom stereocenters. The van der Waals surface area contributed by atoms with Gasteiger partial charge >= 0.3 is 0 Å². The van der Waals surface area contributed by atoms with Crippen molar-refractivity contribution in [3.63, 3.8) is 0 Å². The van der Waals surface area contributed by atoms with Crippen molar-refractivity contribution in [1.82, 2.24) is 4.98 Å². The van der Waals surface area contributed by atoms with Gasteiger partial charge in [-0.1, -0.05) is 29.8 Å². The molecule has 0 saturated carbocycles. The molecule has 2 aromatic carbocycles. The van der Waals surface area contributed by atoms with Gasteiger partial charge in [-0.3, -0.25) is 4.79 Å². The molecule has 3 rings (SSSR count). The van der Waals surface area contributed by atoms with E-state index in [2.05, 4.69) is 4.98 Å². The van der Waals surface area contributed by atoms with E-state index < -0.39 is 0 Å². The average Bonchev–Trinajstić information content (AvgIpc) is 2.85. The van der Waals surface area contributed by atoms with Crippen LogP contribution in [-0.2, 0) is 6.42 Å². The molecule has 0 spiro atoms. The fourth-order valence-electron chi connectivity index (χ4n) is 2.66. The average molecular weight is 279 g/mol. The monoisotopic (exact) mass is 279 g/mol. The zero-order chi connectivity index (χ0) is 15.0. The zero-order valence-corrected chi connectivity index (χ0v) is 12.1. The maximum atomic E-state index is 11.4. The van der Waals surface area contributed by atoms with E-state index in [-0.39, 0.29) is 5.75 Å². The van der Waals surface area contributed by atoms with Crippen LogP contribution in [0.2, 0.25) is 0 Å². The number of phenols is 1. The van der Waals surface area contributed by atoms with Crippen LogP contribution in [0, 0.1) is 0 Å². The number of H-pyrrole nitrogens is 1. The summed E-state index contributed by atoms with van der Waals surface area (Å²) in [5.41, 5.74) is 4.02. The van der Waals surface area contributed by atoms with Gasteiger partial charge in [0, 0.05) is 27.4 Å². The molecule has 1 aromatic heterocycles. The lowest BCUT2D eigenvalue weighted by Crippen LogP contribution is -1.93. The molecule has 0 saturated heterocycles. The van der Waals surface area contributed by atoms with Crippen molar-refractivity contribution in [1.29, 1.82) is 0 Å². The number of carbonyl (C=O) groups excluding carboxylic acids is 1. The maximum absolute atomic E-state index is 11.4. The van der Waals surface area contributed by atoms with Gasteiger partial charge in [0.05, 0.1) is 5.52 Å². The van der Waals surface area contributed by atoms with Crippen molar-refractivity contribution in [2.45, 2.75) is 20.3 Å². The minimum absolute atomic E-state index is 0.170. The summed E-state index contributed by atoms with van der Waals surface area (Å²) >= 11 is 0. The van der Waals surface area contributed by atoms with E-state index in [4.69, 9.17) is 0 Å². The molecule has 21 heavy (non-hydrogen) atoms. The van der Waals surface area contributed by atoms with Gasteiger partial charge < -0.3 is 10.1 Å². The summed E-state index contributed by atoms with van der Waals surface area (Å²) in [5.74, 6) is 0.170. The number of aromatic nitrogens is 1. The van der Waals surface area contributed by atoms with Crippen molar-refractivity contribution >= 4 is 28.1 Å². The summed E-state index contributed by atoms with van der Waals surface area (Å²) < 4.78 is 0. The Bertz CT molecular complexity index is 868. The molecule has 3 aromatic rings. The third-order valence-corrected chi connectivity index (χ3v) is 3.76. The number of benzene rings is 2. The number of fused-ring (bicyclic) bond motifs is 3. The molecule has 0 amide bonds. The van der Waals surface area contributed by atoms with Gasteiger partial charge in [0.2, 0.25) is 0 Å². The summed E-state index contributed by atoms with van der Waals surface area (Å²) in [7, 11) is 0. The van der Waals surface area contributed by atoms with Crippen LogP contribution in [0.5, 0.6) is 5.75 Å². The van der Waals surface area contributed by atoms with E-state index in [0.717, 1.165) is 28.1 Å². The number of hydrogen-bond donors (Lipinski definition) is 2. The van der Waals surface area contributed by atoms with E-state index in [1.54, 1.807) is 0 Å². The lowest BCUT2D eigenvalue weighted by Gasteiger charge is -2.07. The summed E-state index contributed by atoms with van der Waals surface area (Å²) in [6.07, 6.45) is 3.37. The Balaban J connectivity index is 2.33. The third kappa shape index (κ3) is 2.21. The number of para-hydroxylation sites is 1. The predicted octanol–water partition coefficient (Wildman–Crippen LogP) is 4.35. The highest BCUT2D eigenvalue weighted by Crippen LogP contribution is 2.35. The zero-order valence-electron chi connectivity index (χ0n) is 12.1. The third-order valence-electron chi connectivity index (χ3n) is 3.76. The first kappa shape index (κ1) is 13.4. The van der Waals surface area contributed by atoms with Gasteiger partial charge in [-0.05, 0) is 32.4 Å². The standard InChI is InChI=1S/C18H17NO2/c1-11(2)7-8-13-12(10-20)9-15-14-5-3-4-6-16(14)19-17(15)18(13)21/h3-7,9-10,19,21H,8H2,1-2H3. The van der Waals surface area contributed by atoms with Crippen molar-refractivity contribution in [3.8, 4) is 5.75 Å². The normalized spacial score (nSPS) is 11.0. The minimum atomic E-state index is 0.170. The number of phenolic OH excluding ortho intramolecular Hbond substituents is 1. The van der Waals surface area contributed by atoms with Crippen LogP contribution in [0.1, 0.15) is 29.8 Å². The van der Waals surface area contributed by atoms with Crippen LogP contribution in [0.4, 0.5) is 0 Å². The molecule has 0 fully saturated rings. The van der Waals surface area contributed by atoms with Crippen LogP contribution in [0.15, 0.2) is 42.0 Å². The Morgan fingerprint density at radius 2 is 2.00 bits per heavy atom. The molecule has 0 unspecified atom stereocenters. The highest BCUT2D eigenvalue weighted by Gasteiger charge is 2.15. The Kier molecular flexibility index (Phi) is 3.26. The number of nitrogens with one attached hydrogen (secondary N) is 1. The Morgan fingerprint density at radius 1 is 1.24 bits per heavy atom. The molecule has 3 nitrogen and oxygen atoms in total. The van der Waals surface area contributed by atoms with Gasteiger partial charge in [-0.25, -0.2) is 0 Å². The van der Waals surface area contributed by atoms with Gasteiger partial charge in [-0.15, -0.1) is 0 Å². The maximum Gasteiger partial charge on any atom is 0.150 e. The molecule has 0 aliphatic heterocycles. The topological polar surface area (TPSA) is 53.1 Å². The number of aromatic hydroxyl groups is 1. The van der Waals surface area contributed by atoms with Crippen molar-refractivity contribution in [2.75, 3.05) is 0 Å². The molecule has 0 aliphatic carbocycles. The molecule has 2 N–H and O–H groups in total. The smallest absolute Gasteiger partial charge is 0.150 e. The summed E-state index contributed by atoms with van der Waals surface area (Å²) in [6.45, 7) is 4.00. The molecule has 1 heterocycles. The van der Waals surface area contributed by atoms with Crippen LogP contribution in [0.3, 0.4) is 0 Å². The number of aldehydes is 1. The van der Waals surface area contributed by atoms with E-state index in [1.165, 1.54) is 0 Å². The first-order valence-electron chi connectivity index (χ1n) is 6.95. The molecule has 0 bridgehead atoms. The second kappa shape index (κ2) is 5.09. The lowest BCUT2D eigenvalue weighted by atomic mass is 9.99. The summed E-state index contributed by atoms with van der Waals surface area (Å²) in [6, 6.07) is 9.70. The van der Waals surface area contributed by atoms with Crippen molar-refractivity contribution in [2.24, 2.45) is 0 Å². The molecule has 0 radical (unpaired) electrons. The van der Waals surface area contributed by atoms with Crippen LogP contribution in [0.25, 0.3) is 21.8 Å². The summed E-state index contributed by atoms with van der Waals surface area (Å²) in [5, 5.41) is 12.5. The highest BCUT2D eigenvalue weighted by molar-refractivity contribution is 6.11. The second-order valence-electron chi connectivity index (χ2n) is 5.49. The number of carbonyl (C=O) groups is 1. The van der Waals surface area contributed by atoms with E-state index in [1.807, 2.05) is 50.3 Å². The van der Waals surface area contributed by atoms with Crippen LogP contribution < -0.4 is 0 Å². The van der Waals surface area contributed by atoms with Gasteiger partial charge in [0.15, 0.2) is 6.29 Å². The number of aromatic amines is 1. The Labute approximate surface area is 122 Å². The highest BCUT2D eigenvalue weighted by atomic mass is 16.3. The van der Waals surface area contributed by atoms with Gasteiger partial charge in [-0.2, -0.15) is 0 Å². The Morgan fingerprint density at radius 3 is 2.71 bits per heavy atom. The van der Waals surface area contributed by atoms with Crippen molar-refractivity contribution in [3.05, 3.63) is 53.1 Å². The van der Waals surface area contributed by atoms with E-state index in [0.29, 0.717) is 23.1 Å². The van der Waals surface area contributed by atoms with E-state index >= 15 is 0 Å².